The quantitative estimate of drug-likeness (QED) is 0.672. The van der Waals surface area contributed by atoms with Crippen LogP contribution in [0.15, 0.2) is 47.8 Å². The molecule has 4 heterocycles. The zero-order valence-corrected chi connectivity index (χ0v) is 17.9. The zero-order chi connectivity index (χ0) is 22.1. The first kappa shape index (κ1) is 18.8. The predicted molar refractivity (Wildman–Crippen MR) is 117 cm³/mol. The second-order valence-electron chi connectivity index (χ2n) is 8.21. The van der Waals surface area contributed by atoms with E-state index < -0.39 is 5.92 Å². The molecule has 1 aromatic heterocycles. The highest BCUT2D eigenvalue weighted by atomic mass is 16.7. The van der Waals surface area contributed by atoms with E-state index in [-0.39, 0.29) is 25.2 Å². The maximum atomic E-state index is 13.5. The maximum Gasteiger partial charge on any atom is 0.259 e. The van der Waals surface area contributed by atoms with Crippen molar-refractivity contribution >= 4 is 28.4 Å². The molecule has 162 valence electrons. The van der Waals surface area contributed by atoms with Gasteiger partial charge >= 0.3 is 0 Å². The fourth-order valence-electron chi connectivity index (χ4n) is 5.03. The van der Waals surface area contributed by atoms with Crippen molar-refractivity contribution in [2.75, 3.05) is 25.8 Å². The van der Waals surface area contributed by atoms with Gasteiger partial charge in [-0.05, 0) is 35.4 Å². The minimum Gasteiger partial charge on any atom is -0.493 e. The van der Waals surface area contributed by atoms with Gasteiger partial charge in [-0.25, -0.2) is 0 Å². The van der Waals surface area contributed by atoms with E-state index in [2.05, 4.69) is 22.1 Å². The third kappa shape index (κ3) is 2.43. The molecule has 0 bridgehead atoms. The van der Waals surface area contributed by atoms with Crippen molar-refractivity contribution in [3.8, 4) is 17.2 Å². The topological polar surface area (TPSA) is 82.0 Å². The van der Waals surface area contributed by atoms with Crippen molar-refractivity contribution in [2.24, 2.45) is 7.05 Å². The van der Waals surface area contributed by atoms with Crippen LogP contribution in [0.3, 0.4) is 0 Å². The Labute approximate surface area is 184 Å². The van der Waals surface area contributed by atoms with Crippen LogP contribution in [0.25, 0.3) is 10.9 Å². The van der Waals surface area contributed by atoms with Gasteiger partial charge in [-0.15, -0.1) is 0 Å². The number of ether oxygens (including phenoxy) is 3. The minimum absolute atomic E-state index is 0.116. The van der Waals surface area contributed by atoms with Gasteiger partial charge in [0, 0.05) is 42.9 Å². The summed E-state index contributed by atoms with van der Waals surface area (Å²) in [5.41, 5.74) is 5.08. The Morgan fingerprint density at radius 1 is 1.25 bits per heavy atom. The lowest BCUT2D eigenvalue weighted by atomic mass is 9.84. The van der Waals surface area contributed by atoms with Crippen molar-refractivity contribution in [1.29, 1.82) is 0 Å². The standard InChI is InChI=1S/C24H21N3O5/c1-12(28)27-10-16-22(24(27)29)20(13-7-18(30-3)23-19(8-13)31-11-32-23)14-9-26(2)17-6-4-5-15(25-16)21(14)17/h4-9,20,25H,10-11H2,1-3H3/t20-/m1/s1. The number of fused-ring (bicyclic) bond motifs is 1. The van der Waals surface area contributed by atoms with Crippen LogP contribution < -0.4 is 19.5 Å². The number of nitrogens with zero attached hydrogens (tertiary/aromatic N) is 2. The largest absolute Gasteiger partial charge is 0.493 e. The molecule has 0 saturated carbocycles. The van der Waals surface area contributed by atoms with Crippen molar-refractivity contribution < 1.29 is 23.8 Å². The summed E-state index contributed by atoms with van der Waals surface area (Å²) in [6, 6.07) is 9.83. The van der Waals surface area contributed by atoms with Crippen LogP contribution in [0.4, 0.5) is 5.69 Å². The van der Waals surface area contributed by atoms with Gasteiger partial charge in [0.2, 0.25) is 18.4 Å². The first-order valence-electron chi connectivity index (χ1n) is 10.4. The molecule has 8 heteroatoms. The monoisotopic (exact) mass is 431 g/mol. The number of anilines is 1. The third-order valence-corrected chi connectivity index (χ3v) is 6.44. The molecule has 32 heavy (non-hydrogen) atoms. The van der Waals surface area contributed by atoms with Crippen LogP contribution in [0.1, 0.15) is 24.0 Å². The van der Waals surface area contributed by atoms with Crippen molar-refractivity contribution in [1.82, 2.24) is 9.47 Å². The molecule has 3 aliphatic heterocycles. The number of aromatic nitrogens is 1. The van der Waals surface area contributed by atoms with E-state index in [0.29, 0.717) is 22.8 Å². The van der Waals surface area contributed by atoms with Gasteiger partial charge in [0.1, 0.15) is 0 Å². The fourth-order valence-corrected chi connectivity index (χ4v) is 5.03. The molecule has 0 aliphatic carbocycles. The molecule has 0 saturated heterocycles. The molecule has 1 atom stereocenters. The molecular formula is C24H21N3O5. The van der Waals surface area contributed by atoms with E-state index in [4.69, 9.17) is 14.2 Å². The first-order valence-corrected chi connectivity index (χ1v) is 10.4. The lowest BCUT2D eigenvalue weighted by Gasteiger charge is -2.20. The highest BCUT2D eigenvalue weighted by molar-refractivity contribution is 6.11. The summed E-state index contributed by atoms with van der Waals surface area (Å²) in [6.07, 6.45) is 2.05. The van der Waals surface area contributed by atoms with Crippen molar-refractivity contribution in [3.63, 3.8) is 0 Å². The molecule has 8 nitrogen and oxygen atoms in total. The van der Waals surface area contributed by atoms with E-state index in [1.54, 1.807) is 7.11 Å². The van der Waals surface area contributed by atoms with E-state index in [1.165, 1.54) is 11.8 Å². The molecule has 1 N–H and O–H groups in total. The molecule has 0 unspecified atom stereocenters. The number of aryl methyl sites for hydroxylation is 1. The number of amides is 2. The van der Waals surface area contributed by atoms with E-state index in [1.807, 2.05) is 31.3 Å². The Morgan fingerprint density at radius 3 is 2.88 bits per heavy atom. The van der Waals surface area contributed by atoms with Crippen LogP contribution in [-0.4, -0.2) is 41.7 Å². The second-order valence-corrected chi connectivity index (χ2v) is 8.21. The summed E-state index contributed by atoms with van der Waals surface area (Å²) >= 11 is 0. The molecule has 6 rings (SSSR count). The number of nitrogens with one attached hydrogen (secondary N) is 1. The average Bonchev–Trinajstić information content (AvgIpc) is 3.44. The molecule has 2 amide bonds. The summed E-state index contributed by atoms with van der Waals surface area (Å²) in [5.74, 6) is 0.700. The number of carbonyl (C=O) groups excluding carboxylic acids is 2. The summed E-state index contributed by atoms with van der Waals surface area (Å²) in [6.45, 7) is 1.75. The van der Waals surface area contributed by atoms with Crippen LogP contribution in [0, 0.1) is 0 Å². The van der Waals surface area contributed by atoms with Gasteiger partial charge in [0.25, 0.3) is 5.91 Å². The molecule has 3 aromatic rings. The molecule has 0 fully saturated rings. The Hall–Kier alpha value is -3.94. The summed E-state index contributed by atoms with van der Waals surface area (Å²) < 4.78 is 18.9. The summed E-state index contributed by atoms with van der Waals surface area (Å²) in [5, 5.41) is 4.51. The van der Waals surface area contributed by atoms with E-state index >= 15 is 0 Å². The zero-order valence-electron chi connectivity index (χ0n) is 17.9. The van der Waals surface area contributed by atoms with Gasteiger partial charge in [-0.2, -0.15) is 0 Å². The van der Waals surface area contributed by atoms with E-state index in [9.17, 15) is 9.59 Å². The second kappa shape index (κ2) is 6.53. The predicted octanol–water partition coefficient (Wildman–Crippen LogP) is 3.12. The number of methoxy groups -OCH3 is 1. The number of rotatable bonds is 2. The molecular weight excluding hydrogens is 410 g/mol. The average molecular weight is 431 g/mol. The summed E-state index contributed by atoms with van der Waals surface area (Å²) in [7, 11) is 3.57. The van der Waals surface area contributed by atoms with Crippen molar-refractivity contribution in [3.05, 3.63) is 58.9 Å². The highest BCUT2D eigenvalue weighted by Gasteiger charge is 2.42. The summed E-state index contributed by atoms with van der Waals surface area (Å²) in [4.78, 5) is 27.0. The van der Waals surface area contributed by atoms with Crippen LogP contribution in [-0.2, 0) is 16.6 Å². The van der Waals surface area contributed by atoms with E-state index in [0.717, 1.165) is 33.4 Å². The highest BCUT2D eigenvalue weighted by Crippen LogP contribution is 2.50. The van der Waals surface area contributed by atoms with Gasteiger partial charge < -0.3 is 24.1 Å². The fraction of sp³-hybridized carbons (Fsp3) is 0.250. The third-order valence-electron chi connectivity index (χ3n) is 6.44. The van der Waals surface area contributed by atoms with Crippen molar-refractivity contribution in [2.45, 2.75) is 12.8 Å². The molecule has 0 spiro atoms. The Kier molecular flexibility index (Phi) is 3.83. The van der Waals surface area contributed by atoms with Crippen LogP contribution in [0.2, 0.25) is 0 Å². The number of imide groups is 1. The van der Waals surface area contributed by atoms with Crippen LogP contribution in [0.5, 0.6) is 17.2 Å². The smallest absolute Gasteiger partial charge is 0.259 e. The molecule has 2 aromatic carbocycles. The van der Waals surface area contributed by atoms with Gasteiger partial charge in [0.05, 0.1) is 24.7 Å². The van der Waals surface area contributed by atoms with Crippen LogP contribution >= 0.6 is 0 Å². The Morgan fingerprint density at radius 2 is 2.09 bits per heavy atom. The van der Waals surface area contributed by atoms with Gasteiger partial charge in [0.15, 0.2) is 11.5 Å². The number of carbonyl (C=O) groups is 2. The maximum absolute atomic E-state index is 13.5. The SMILES string of the molecule is COc1cc([C@H]2C3=C(CN(C(C)=O)C3=O)Nc3cccc4c3c2cn4C)cc2c1OCO2. The number of hydrogen-bond acceptors (Lipinski definition) is 6. The van der Waals surface area contributed by atoms with Gasteiger partial charge in [-0.1, -0.05) is 6.07 Å². The molecule has 3 aliphatic rings. The number of benzene rings is 2. The number of hydrogen-bond donors (Lipinski definition) is 1. The lowest BCUT2D eigenvalue weighted by Crippen LogP contribution is -2.33. The Bertz CT molecular complexity index is 1370. The molecule has 0 radical (unpaired) electrons. The normalized spacial score (nSPS) is 18.7. The first-order chi connectivity index (χ1) is 15.5. The lowest BCUT2D eigenvalue weighted by molar-refractivity contribution is -0.139. The minimum atomic E-state index is -0.412. The van der Waals surface area contributed by atoms with Gasteiger partial charge in [-0.3, -0.25) is 14.5 Å². The Balaban J connectivity index is 1.65.